The molecule has 0 aliphatic carbocycles. The van der Waals surface area contributed by atoms with Crippen molar-refractivity contribution >= 4 is 23.7 Å². The Morgan fingerprint density at radius 1 is 0.829 bits per heavy atom. The fourth-order valence-corrected chi connectivity index (χ4v) is 4.17. The van der Waals surface area contributed by atoms with Gasteiger partial charge in [-0.1, -0.05) is 66.7 Å². The molecule has 0 N–H and O–H groups in total. The number of nitro benzene ring substituents is 1. The molecule has 170 valence electrons. The monoisotopic (exact) mass is 479 g/mol. The summed E-state index contributed by atoms with van der Waals surface area (Å²) >= 11 is 1.15. The molecule has 0 saturated heterocycles. The molecule has 0 aliphatic heterocycles. The summed E-state index contributed by atoms with van der Waals surface area (Å²) in [6.45, 7) is 0. The van der Waals surface area contributed by atoms with Crippen LogP contribution in [0.1, 0.15) is 5.56 Å². The Bertz CT molecular complexity index is 1430. The fourth-order valence-electron chi connectivity index (χ4n) is 3.31. The van der Waals surface area contributed by atoms with Crippen LogP contribution in [-0.2, 0) is 0 Å². The summed E-state index contributed by atoms with van der Waals surface area (Å²) in [4.78, 5) is 21.3. The normalized spacial score (nSPS) is 11.1. The lowest BCUT2D eigenvalue weighted by atomic mass is 10.1. The molecule has 0 aliphatic rings. The highest BCUT2D eigenvalue weighted by Gasteiger charge is 2.18. The number of rotatable bonds is 7. The van der Waals surface area contributed by atoms with Crippen LogP contribution < -0.4 is 0 Å². The minimum atomic E-state index is -0.419. The molecule has 3 aromatic carbocycles. The van der Waals surface area contributed by atoms with Crippen molar-refractivity contribution in [2.45, 2.75) is 10.1 Å². The lowest BCUT2D eigenvalue weighted by Crippen LogP contribution is -1.97. The van der Waals surface area contributed by atoms with Gasteiger partial charge in [0.15, 0.2) is 5.16 Å². The van der Waals surface area contributed by atoms with Crippen LogP contribution in [0.5, 0.6) is 0 Å². The van der Waals surface area contributed by atoms with Gasteiger partial charge in [0.2, 0.25) is 0 Å². The highest BCUT2D eigenvalue weighted by Crippen LogP contribution is 2.35. The van der Waals surface area contributed by atoms with Crippen molar-refractivity contribution in [2.24, 2.45) is 5.10 Å². The van der Waals surface area contributed by atoms with E-state index in [-0.39, 0.29) is 5.69 Å². The second kappa shape index (κ2) is 10.1. The van der Waals surface area contributed by atoms with Gasteiger partial charge in [-0.15, -0.1) is 10.2 Å². The summed E-state index contributed by atoms with van der Waals surface area (Å²) < 4.78 is 1.41. The molecular weight excluding hydrogens is 462 g/mol. The van der Waals surface area contributed by atoms with Crippen LogP contribution in [-0.4, -0.2) is 36.0 Å². The van der Waals surface area contributed by atoms with Crippen LogP contribution >= 0.6 is 11.8 Å². The molecule has 0 fully saturated rings. The van der Waals surface area contributed by atoms with E-state index in [1.807, 2.05) is 66.7 Å². The zero-order valence-corrected chi connectivity index (χ0v) is 19.0. The predicted octanol–water partition coefficient (Wildman–Crippen LogP) is 5.34. The zero-order chi connectivity index (χ0) is 24.0. The molecule has 2 heterocycles. The van der Waals surface area contributed by atoms with Crippen molar-refractivity contribution in [3.05, 3.63) is 113 Å². The fraction of sp³-hybridized carbons (Fsp3) is 0. The first-order valence-electron chi connectivity index (χ1n) is 10.5. The molecule has 5 aromatic rings. The lowest BCUT2D eigenvalue weighted by molar-refractivity contribution is -0.387. The second-order valence-electron chi connectivity index (χ2n) is 7.33. The van der Waals surface area contributed by atoms with Crippen LogP contribution in [0.15, 0.2) is 113 Å². The van der Waals surface area contributed by atoms with E-state index in [2.05, 4.69) is 15.3 Å². The molecule has 10 heteroatoms. The molecular formula is C25H17N7O2S. The maximum Gasteiger partial charge on any atom is 0.283 e. The number of hydrogen-bond donors (Lipinski definition) is 0. The summed E-state index contributed by atoms with van der Waals surface area (Å²) in [6, 6.07) is 26.4. The molecule has 0 bridgehead atoms. The molecule has 0 atom stereocenters. The molecule has 0 saturated carbocycles. The van der Waals surface area contributed by atoms with Gasteiger partial charge >= 0.3 is 0 Å². The third kappa shape index (κ3) is 5.28. The summed E-state index contributed by atoms with van der Waals surface area (Å²) in [6.07, 6.45) is 4.36. The van der Waals surface area contributed by atoms with E-state index in [1.54, 1.807) is 12.1 Å². The third-order valence-corrected chi connectivity index (χ3v) is 5.90. The topological polar surface area (TPSA) is 112 Å². The van der Waals surface area contributed by atoms with Crippen molar-refractivity contribution in [1.29, 1.82) is 0 Å². The Kier molecular flexibility index (Phi) is 6.35. The number of nitrogens with zero attached hydrogens (tertiary/aromatic N) is 7. The SMILES string of the molecule is O=[N+]([O-])c1cc(C=Nn2cnnc2)ccc1Sc1nc(-c2ccccc2)cc(-c2ccccc2)n1. The van der Waals surface area contributed by atoms with Gasteiger partial charge in [0.25, 0.3) is 5.69 Å². The molecule has 0 spiro atoms. The Morgan fingerprint density at radius 3 is 2.00 bits per heavy atom. The van der Waals surface area contributed by atoms with E-state index in [0.717, 1.165) is 34.3 Å². The average molecular weight is 480 g/mol. The van der Waals surface area contributed by atoms with Gasteiger partial charge in [0.05, 0.1) is 27.4 Å². The van der Waals surface area contributed by atoms with Crippen molar-refractivity contribution in [2.75, 3.05) is 0 Å². The van der Waals surface area contributed by atoms with Crippen molar-refractivity contribution < 1.29 is 4.92 Å². The first-order chi connectivity index (χ1) is 17.2. The smallest absolute Gasteiger partial charge is 0.258 e. The van der Waals surface area contributed by atoms with Crippen LogP contribution in [0, 0.1) is 10.1 Å². The molecule has 2 aromatic heterocycles. The van der Waals surface area contributed by atoms with Gasteiger partial charge in [-0.05, 0) is 23.9 Å². The van der Waals surface area contributed by atoms with E-state index in [9.17, 15) is 10.1 Å². The van der Waals surface area contributed by atoms with E-state index in [4.69, 9.17) is 9.97 Å². The largest absolute Gasteiger partial charge is 0.283 e. The Morgan fingerprint density at radius 2 is 1.43 bits per heavy atom. The van der Waals surface area contributed by atoms with E-state index < -0.39 is 4.92 Å². The highest BCUT2D eigenvalue weighted by molar-refractivity contribution is 7.99. The number of aromatic nitrogens is 5. The first-order valence-corrected chi connectivity index (χ1v) is 11.3. The van der Waals surface area contributed by atoms with Crippen LogP contribution in [0.2, 0.25) is 0 Å². The van der Waals surface area contributed by atoms with E-state index in [0.29, 0.717) is 15.6 Å². The van der Waals surface area contributed by atoms with Crippen LogP contribution in [0.4, 0.5) is 5.69 Å². The number of nitro groups is 1. The standard InChI is InChI=1S/C25H17N7O2S/c33-32(34)23-13-18(15-28-31-16-26-27-17-31)11-12-24(23)35-25-29-21(19-7-3-1-4-8-19)14-22(30-25)20-9-5-2-6-10-20/h1-17H. The lowest BCUT2D eigenvalue weighted by Gasteiger charge is -2.09. The summed E-state index contributed by atoms with van der Waals surface area (Å²) in [5.74, 6) is 0. The minimum Gasteiger partial charge on any atom is -0.258 e. The number of benzene rings is 3. The van der Waals surface area contributed by atoms with Crippen LogP contribution in [0.3, 0.4) is 0 Å². The van der Waals surface area contributed by atoms with Gasteiger partial charge in [0, 0.05) is 22.8 Å². The molecule has 5 rings (SSSR count). The minimum absolute atomic E-state index is 0.0577. The van der Waals surface area contributed by atoms with Gasteiger partial charge in [-0.3, -0.25) is 10.1 Å². The summed E-state index contributed by atoms with van der Waals surface area (Å²) in [5.41, 5.74) is 3.86. The van der Waals surface area contributed by atoms with Crippen LogP contribution in [0.25, 0.3) is 22.5 Å². The quantitative estimate of drug-likeness (QED) is 0.134. The molecule has 0 unspecified atom stereocenters. The molecule has 0 amide bonds. The highest BCUT2D eigenvalue weighted by atomic mass is 32.2. The van der Waals surface area contributed by atoms with Crippen molar-refractivity contribution in [1.82, 2.24) is 24.8 Å². The first kappa shape index (κ1) is 22.1. The molecule has 35 heavy (non-hydrogen) atoms. The third-order valence-electron chi connectivity index (χ3n) is 4.97. The maximum atomic E-state index is 11.9. The van der Waals surface area contributed by atoms with Gasteiger partial charge in [-0.25, -0.2) is 14.6 Å². The van der Waals surface area contributed by atoms with Crippen molar-refractivity contribution in [3.8, 4) is 22.5 Å². The molecule has 9 nitrogen and oxygen atoms in total. The van der Waals surface area contributed by atoms with Gasteiger partial charge < -0.3 is 0 Å². The van der Waals surface area contributed by atoms with E-state index >= 15 is 0 Å². The Balaban J connectivity index is 1.53. The number of hydrogen-bond acceptors (Lipinski definition) is 8. The zero-order valence-electron chi connectivity index (χ0n) is 18.2. The summed E-state index contributed by atoms with van der Waals surface area (Å²) in [7, 11) is 0. The Labute approximate surface area is 204 Å². The second-order valence-corrected chi connectivity index (χ2v) is 8.33. The van der Waals surface area contributed by atoms with Gasteiger partial charge in [0.1, 0.15) is 12.7 Å². The van der Waals surface area contributed by atoms with E-state index in [1.165, 1.54) is 29.6 Å². The van der Waals surface area contributed by atoms with Crippen molar-refractivity contribution in [3.63, 3.8) is 0 Å². The maximum absolute atomic E-state index is 11.9. The summed E-state index contributed by atoms with van der Waals surface area (Å²) in [5, 5.41) is 23.8. The predicted molar refractivity (Wildman–Crippen MR) is 133 cm³/mol. The molecule has 0 radical (unpaired) electrons. The average Bonchev–Trinajstić information content (AvgIpc) is 3.43. The van der Waals surface area contributed by atoms with Gasteiger partial charge in [-0.2, -0.15) is 5.10 Å². The Hall–Kier alpha value is -4.70.